The molecule has 0 spiro atoms. The number of likely N-dealkylation sites (tertiary alicyclic amines) is 1. The van der Waals surface area contributed by atoms with Gasteiger partial charge in [-0.15, -0.1) is 0 Å². The van der Waals surface area contributed by atoms with Crippen molar-refractivity contribution in [3.8, 4) is 0 Å². The van der Waals surface area contributed by atoms with Gasteiger partial charge >= 0.3 is 0 Å². The Kier molecular flexibility index (Phi) is 6.26. The molecule has 3 amide bonds. The van der Waals surface area contributed by atoms with Crippen LogP contribution in [0, 0.1) is 0 Å². The average molecular weight is 415 g/mol. The van der Waals surface area contributed by atoms with Crippen LogP contribution in [0.3, 0.4) is 0 Å². The molecule has 3 aromatic rings. The van der Waals surface area contributed by atoms with Crippen molar-refractivity contribution < 1.29 is 14.4 Å². The van der Waals surface area contributed by atoms with Gasteiger partial charge in [-0.05, 0) is 53.4 Å². The van der Waals surface area contributed by atoms with Gasteiger partial charge in [-0.25, -0.2) is 0 Å². The number of amides is 3. The maximum Gasteiger partial charge on any atom is 0.253 e. The largest absolute Gasteiger partial charge is 0.347 e. The summed E-state index contributed by atoms with van der Waals surface area (Å²) in [6.07, 6.45) is 2.31. The maximum absolute atomic E-state index is 12.4. The molecule has 1 saturated heterocycles. The lowest BCUT2D eigenvalue weighted by atomic mass is 10.0. The molecular weight excluding hydrogens is 390 g/mol. The minimum absolute atomic E-state index is 0.0241. The maximum atomic E-state index is 12.4. The van der Waals surface area contributed by atoms with Crippen LogP contribution in [-0.4, -0.2) is 42.3 Å². The Balaban J connectivity index is 1.28. The number of fused-ring (bicyclic) bond motifs is 1. The van der Waals surface area contributed by atoms with Crippen molar-refractivity contribution in [2.45, 2.75) is 19.3 Å². The van der Waals surface area contributed by atoms with Crippen molar-refractivity contribution in [3.05, 3.63) is 77.9 Å². The van der Waals surface area contributed by atoms with Gasteiger partial charge in [0.15, 0.2) is 0 Å². The fraction of sp³-hybridized carbons (Fsp3) is 0.240. The lowest BCUT2D eigenvalue weighted by Gasteiger charge is -2.15. The molecule has 1 heterocycles. The van der Waals surface area contributed by atoms with Gasteiger partial charge in [-0.3, -0.25) is 14.4 Å². The van der Waals surface area contributed by atoms with Gasteiger partial charge in [0.1, 0.15) is 0 Å². The fourth-order valence-electron chi connectivity index (χ4n) is 3.87. The molecule has 6 nitrogen and oxygen atoms in total. The number of carbonyl (C=O) groups is 3. The second kappa shape index (κ2) is 9.43. The monoisotopic (exact) mass is 415 g/mol. The zero-order chi connectivity index (χ0) is 21.6. The highest BCUT2D eigenvalue weighted by atomic mass is 16.2. The van der Waals surface area contributed by atoms with Gasteiger partial charge in [0.05, 0.1) is 13.0 Å². The molecule has 0 unspecified atom stereocenters. The first kappa shape index (κ1) is 20.6. The third-order valence-electron chi connectivity index (χ3n) is 5.49. The predicted molar refractivity (Wildman–Crippen MR) is 121 cm³/mol. The van der Waals surface area contributed by atoms with Crippen molar-refractivity contribution >= 4 is 34.2 Å². The van der Waals surface area contributed by atoms with E-state index in [4.69, 9.17) is 0 Å². The first-order chi connectivity index (χ1) is 15.1. The molecule has 31 heavy (non-hydrogen) atoms. The van der Waals surface area contributed by atoms with E-state index in [-0.39, 0.29) is 30.7 Å². The molecule has 158 valence electrons. The van der Waals surface area contributed by atoms with Gasteiger partial charge in [0.2, 0.25) is 11.8 Å². The van der Waals surface area contributed by atoms with E-state index in [1.54, 1.807) is 24.3 Å². The molecule has 1 aliphatic rings. The molecule has 0 aliphatic carbocycles. The first-order valence-corrected chi connectivity index (χ1v) is 10.5. The summed E-state index contributed by atoms with van der Waals surface area (Å²) in [5, 5.41) is 7.53. The van der Waals surface area contributed by atoms with Crippen molar-refractivity contribution in [2.75, 3.05) is 25.0 Å². The lowest BCUT2D eigenvalue weighted by molar-refractivity contribution is -0.123. The molecule has 1 fully saturated rings. The van der Waals surface area contributed by atoms with Gasteiger partial charge < -0.3 is 15.5 Å². The Morgan fingerprint density at radius 1 is 0.806 bits per heavy atom. The number of carbonyl (C=O) groups excluding carboxylic acids is 3. The van der Waals surface area contributed by atoms with Crippen LogP contribution in [-0.2, 0) is 16.0 Å². The quantitative estimate of drug-likeness (QED) is 0.648. The summed E-state index contributed by atoms with van der Waals surface area (Å²) in [6, 6.07) is 20.6. The average Bonchev–Trinajstić information content (AvgIpc) is 3.33. The minimum atomic E-state index is -0.315. The molecule has 1 aliphatic heterocycles. The van der Waals surface area contributed by atoms with E-state index in [2.05, 4.69) is 10.6 Å². The van der Waals surface area contributed by atoms with E-state index in [1.165, 1.54) is 0 Å². The number of anilines is 1. The van der Waals surface area contributed by atoms with Crippen LogP contribution >= 0.6 is 0 Å². The second-order valence-corrected chi connectivity index (χ2v) is 7.72. The summed E-state index contributed by atoms with van der Waals surface area (Å²) in [6.45, 7) is 1.49. The van der Waals surface area contributed by atoms with Crippen molar-refractivity contribution in [1.29, 1.82) is 0 Å². The van der Waals surface area contributed by atoms with Crippen molar-refractivity contribution in [2.24, 2.45) is 0 Å². The Bertz CT molecular complexity index is 1100. The van der Waals surface area contributed by atoms with Crippen molar-refractivity contribution in [3.63, 3.8) is 0 Å². The van der Waals surface area contributed by atoms with Gasteiger partial charge in [-0.2, -0.15) is 0 Å². The number of hydrogen-bond acceptors (Lipinski definition) is 3. The zero-order valence-electron chi connectivity index (χ0n) is 17.3. The van der Waals surface area contributed by atoms with Crippen LogP contribution in [0.4, 0.5) is 5.69 Å². The van der Waals surface area contributed by atoms with E-state index in [0.29, 0.717) is 11.3 Å². The highest BCUT2D eigenvalue weighted by Gasteiger charge is 2.19. The number of nitrogens with one attached hydrogen (secondary N) is 2. The minimum Gasteiger partial charge on any atom is -0.347 e. The summed E-state index contributed by atoms with van der Waals surface area (Å²) in [5.74, 6) is -0.501. The highest BCUT2D eigenvalue weighted by Crippen LogP contribution is 2.19. The number of benzene rings is 3. The molecule has 4 rings (SSSR count). The Morgan fingerprint density at radius 2 is 1.52 bits per heavy atom. The summed E-state index contributed by atoms with van der Waals surface area (Å²) >= 11 is 0. The van der Waals surface area contributed by atoms with Gasteiger partial charge in [-0.1, -0.05) is 42.5 Å². The standard InChI is InChI=1S/C25H25N3O3/c29-23(16-20-8-5-7-18-6-1-2-9-22(18)20)26-17-24(30)27-21-12-10-19(11-13-21)25(31)28-14-3-4-15-28/h1-2,5-13H,3-4,14-17H2,(H,26,29)(H,27,30). The summed E-state index contributed by atoms with van der Waals surface area (Å²) in [4.78, 5) is 38.8. The van der Waals surface area contributed by atoms with Gasteiger partial charge in [0, 0.05) is 24.3 Å². The van der Waals surface area contributed by atoms with E-state index in [1.807, 2.05) is 47.4 Å². The molecule has 0 radical (unpaired) electrons. The Morgan fingerprint density at radius 3 is 2.29 bits per heavy atom. The normalized spacial score (nSPS) is 13.2. The number of rotatable bonds is 6. The SMILES string of the molecule is O=C(Cc1cccc2ccccc12)NCC(=O)Nc1ccc(C(=O)N2CCCC2)cc1. The number of nitrogens with zero attached hydrogens (tertiary/aromatic N) is 1. The highest BCUT2D eigenvalue weighted by molar-refractivity contribution is 5.97. The van der Waals surface area contributed by atoms with Gasteiger partial charge in [0.25, 0.3) is 5.91 Å². The van der Waals surface area contributed by atoms with E-state index in [0.717, 1.165) is 42.3 Å². The van der Waals surface area contributed by atoms with E-state index >= 15 is 0 Å². The van der Waals surface area contributed by atoms with Crippen LogP contribution in [0.25, 0.3) is 10.8 Å². The fourth-order valence-corrected chi connectivity index (χ4v) is 3.87. The molecule has 2 N–H and O–H groups in total. The first-order valence-electron chi connectivity index (χ1n) is 10.5. The number of hydrogen-bond donors (Lipinski definition) is 2. The van der Waals surface area contributed by atoms with Crippen LogP contribution < -0.4 is 10.6 Å². The molecule has 0 atom stereocenters. The van der Waals surface area contributed by atoms with Crippen LogP contribution in [0.1, 0.15) is 28.8 Å². The molecule has 0 saturated carbocycles. The molecule has 0 bridgehead atoms. The predicted octanol–water partition coefficient (Wildman–Crippen LogP) is 3.37. The zero-order valence-corrected chi connectivity index (χ0v) is 17.3. The molecule has 6 heteroatoms. The molecule has 0 aromatic heterocycles. The Labute approximate surface area is 181 Å². The smallest absolute Gasteiger partial charge is 0.253 e. The second-order valence-electron chi connectivity index (χ2n) is 7.72. The third-order valence-corrected chi connectivity index (χ3v) is 5.49. The van der Waals surface area contributed by atoms with Crippen LogP contribution in [0.15, 0.2) is 66.7 Å². The van der Waals surface area contributed by atoms with E-state index in [9.17, 15) is 14.4 Å². The summed E-state index contributed by atoms with van der Waals surface area (Å²) in [7, 11) is 0. The van der Waals surface area contributed by atoms with E-state index < -0.39 is 0 Å². The summed E-state index contributed by atoms with van der Waals surface area (Å²) in [5.41, 5.74) is 2.13. The lowest BCUT2D eigenvalue weighted by Crippen LogP contribution is -2.33. The Hall–Kier alpha value is -3.67. The third kappa shape index (κ3) is 5.09. The molecule has 3 aromatic carbocycles. The van der Waals surface area contributed by atoms with Crippen LogP contribution in [0.5, 0.6) is 0 Å². The van der Waals surface area contributed by atoms with Crippen molar-refractivity contribution in [1.82, 2.24) is 10.2 Å². The molecular formula is C25H25N3O3. The summed E-state index contributed by atoms with van der Waals surface area (Å²) < 4.78 is 0. The van der Waals surface area contributed by atoms with Crippen LogP contribution in [0.2, 0.25) is 0 Å². The topological polar surface area (TPSA) is 78.5 Å².